The molecular weight excluding hydrogens is 280 g/mol. The maximum absolute atomic E-state index is 10.9. The number of hydrogen-bond acceptors (Lipinski definition) is 4. The summed E-state index contributed by atoms with van der Waals surface area (Å²) in [4.78, 5) is 12.7. The van der Waals surface area contributed by atoms with Crippen molar-refractivity contribution >= 4 is 17.3 Å². The fourth-order valence-electron chi connectivity index (χ4n) is 2.76. The van der Waals surface area contributed by atoms with E-state index in [1.807, 2.05) is 13.0 Å². The van der Waals surface area contributed by atoms with Crippen molar-refractivity contribution in [2.45, 2.75) is 39.0 Å². The third kappa shape index (κ3) is 3.69. The molecule has 6 heteroatoms. The second kappa shape index (κ2) is 5.68. The molecule has 1 fully saturated rings. The lowest BCUT2D eigenvalue weighted by Gasteiger charge is -2.41. The van der Waals surface area contributed by atoms with E-state index in [2.05, 4.69) is 18.7 Å². The zero-order chi connectivity index (χ0) is 14.9. The van der Waals surface area contributed by atoms with Gasteiger partial charge in [0.05, 0.1) is 16.6 Å². The maximum atomic E-state index is 10.9. The van der Waals surface area contributed by atoms with Crippen LogP contribution in [0.1, 0.15) is 26.3 Å². The van der Waals surface area contributed by atoms with E-state index in [4.69, 9.17) is 16.3 Å². The van der Waals surface area contributed by atoms with Gasteiger partial charge in [-0.15, -0.1) is 0 Å². The summed E-state index contributed by atoms with van der Waals surface area (Å²) in [5.41, 5.74) is 0.659. The van der Waals surface area contributed by atoms with E-state index in [0.29, 0.717) is 6.54 Å². The van der Waals surface area contributed by atoms with Crippen molar-refractivity contribution in [1.82, 2.24) is 4.90 Å². The summed E-state index contributed by atoms with van der Waals surface area (Å²) in [5, 5.41) is 11.1. The number of halogens is 1. The molecule has 1 atom stereocenters. The van der Waals surface area contributed by atoms with Crippen molar-refractivity contribution in [2.75, 3.05) is 13.1 Å². The van der Waals surface area contributed by atoms with Gasteiger partial charge < -0.3 is 4.74 Å². The molecule has 0 spiro atoms. The first-order chi connectivity index (χ1) is 9.27. The van der Waals surface area contributed by atoms with Gasteiger partial charge in [0, 0.05) is 25.7 Å². The van der Waals surface area contributed by atoms with Crippen molar-refractivity contribution in [1.29, 1.82) is 0 Å². The maximum Gasteiger partial charge on any atom is 0.288 e. The number of nitro benzene ring substituents is 1. The Hall–Kier alpha value is -1.17. The van der Waals surface area contributed by atoms with Gasteiger partial charge in [-0.25, -0.2) is 0 Å². The van der Waals surface area contributed by atoms with Crippen molar-refractivity contribution in [3.05, 3.63) is 38.9 Å². The highest BCUT2D eigenvalue weighted by Gasteiger charge is 2.31. The fraction of sp³-hybridized carbons (Fsp3) is 0.571. The lowest BCUT2D eigenvalue weighted by Crippen LogP contribution is -2.51. The lowest BCUT2D eigenvalue weighted by molar-refractivity contribution is -0.384. The topological polar surface area (TPSA) is 55.6 Å². The zero-order valence-corrected chi connectivity index (χ0v) is 12.7. The molecule has 110 valence electrons. The summed E-state index contributed by atoms with van der Waals surface area (Å²) in [6.07, 6.45) is 0.154. The smallest absolute Gasteiger partial charge is 0.288 e. The molecule has 0 aliphatic carbocycles. The van der Waals surface area contributed by atoms with Crippen LogP contribution in [0.2, 0.25) is 5.02 Å². The predicted molar refractivity (Wildman–Crippen MR) is 78.0 cm³/mol. The number of hydrogen-bond donors (Lipinski definition) is 0. The molecule has 0 bridgehead atoms. The quantitative estimate of drug-likeness (QED) is 0.635. The van der Waals surface area contributed by atoms with Crippen LogP contribution in [0.5, 0.6) is 0 Å². The first-order valence-corrected chi connectivity index (χ1v) is 6.97. The zero-order valence-electron chi connectivity index (χ0n) is 11.9. The van der Waals surface area contributed by atoms with Crippen LogP contribution in [0.25, 0.3) is 0 Å². The van der Waals surface area contributed by atoms with E-state index >= 15 is 0 Å². The Balaban J connectivity index is 2.14. The van der Waals surface area contributed by atoms with Gasteiger partial charge in [0.2, 0.25) is 0 Å². The van der Waals surface area contributed by atoms with Gasteiger partial charge >= 0.3 is 0 Å². The predicted octanol–water partition coefficient (Wildman–Crippen LogP) is 3.25. The minimum Gasteiger partial charge on any atom is -0.370 e. The number of nitro groups is 1. The molecule has 0 N–H and O–H groups in total. The molecule has 1 aliphatic rings. The summed E-state index contributed by atoms with van der Waals surface area (Å²) in [7, 11) is 0. The Kier molecular flexibility index (Phi) is 4.32. The molecule has 20 heavy (non-hydrogen) atoms. The fourth-order valence-corrected chi connectivity index (χ4v) is 2.95. The van der Waals surface area contributed by atoms with Crippen LogP contribution in [0, 0.1) is 10.1 Å². The number of ether oxygens (including phenoxy) is 1. The van der Waals surface area contributed by atoms with Crippen LogP contribution in [-0.4, -0.2) is 34.6 Å². The lowest BCUT2D eigenvalue weighted by atomic mass is 10.0. The third-order valence-electron chi connectivity index (χ3n) is 3.25. The molecule has 2 rings (SSSR count). The standard InChI is InChI=1S/C14H19ClN2O3/c1-10-7-16(9-14(2,3)20-10)8-11-4-5-12(15)13(6-11)17(18)19/h4-6,10H,7-9H2,1-3H3. The normalized spacial score (nSPS) is 22.7. The first kappa shape index (κ1) is 15.2. The average molecular weight is 299 g/mol. The van der Waals surface area contributed by atoms with E-state index in [1.165, 1.54) is 0 Å². The SMILES string of the molecule is CC1CN(Cc2ccc(Cl)c([N+](=O)[O-])c2)CC(C)(C)O1. The Morgan fingerprint density at radius 3 is 2.85 bits per heavy atom. The molecule has 0 aromatic heterocycles. The van der Waals surface area contributed by atoms with Gasteiger partial charge in [0.15, 0.2) is 0 Å². The van der Waals surface area contributed by atoms with Crippen LogP contribution >= 0.6 is 11.6 Å². The highest BCUT2D eigenvalue weighted by molar-refractivity contribution is 6.32. The number of benzene rings is 1. The van der Waals surface area contributed by atoms with Gasteiger partial charge in [-0.3, -0.25) is 15.0 Å². The minimum absolute atomic E-state index is 0.0373. The molecule has 1 unspecified atom stereocenters. The molecule has 1 aromatic carbocycles. The van der Waals surface area contributed by atoms with Crippen LogP contribution in [0.4, 0.5) is 5.69 Å². The van der Waals surface area contributed by atoms with E-state index in [1.54, 1.807) is 12.1 Å². The van der Waals surface area contributed by atoms with Crippen LogP contribution < -0.4 is 0 Å². The minimum atomic E-state index is -0.447. The summed E-state index contributed by atoms with van der Waals surface area (Å²) < 4.78 is 5.85. The van der Waals surface area contributed by atoms with Gasteiger partial charge in [-0.05, 0) is 32.4 Å². The summed E-state index contributed by atoms with van der Waals surface area (Å²) in [6.45, 7) is 8.43. The first-order valence-electron chi connectivity index (χ1n) is 6.60. The molecule has 0 saturated carbocycles. The Morgan fingerprint density at radius 2 is 2.25 bits per heavy atom. The molecule has 0 radical (unpaired) electrons. The van der Waals surface area contributed by atoms with Gasteiger partial charge in [0.25, 0.3) is 5.69 Å². The van der Waals surface area contributed by atoms with Gasteiger partial charge in [0.1, 0.15) is 5.02 Å². The largest absolute Gasteiger partial charge is 0.370 e. The highest BCUT2D eigenvalue weighted by Crippen LogP contribution is 2.27. The van der Waals surface area contributed by atoms with E-state index in [9.17, 15) is 10.1 Å². The van der Waals surface area contributed by atoms with Crippen molar-refractivity contribution in [2.24, 2.45) is 0 Å². The molecule has 1 heterocycles. The summed E-state index contributed by atoms with van der Waals surface area (Å²) >= 11 is 5.83. The molecular formula is C14H19ClN2O3. The van der Waals surface area contributed by atoms with Gasteiger partial charge in [-0.2, -0.15) is 0 Å². The van der Waals surface area contributed by atoms with Gasteiger partial charge in [-0.1, -0.05) is 17.7 Å². The monoisotopic (exact) mass is 298 g/mol. The van der Waals surface area contributed by atoms with Crippen LogP contribution in [-0.2, 0) is 11.3 Å². The third-order valence-corrected chi connectivity index (χ3v) is 3.57. The van der Waals surface area contributed by atoms with Crippen molar-refractivity contribution in [3.63, 3.8) is 0 Å². The number of morpholine rings is 1. The van der Waals surface area contributed by atoms with Crippen LogP contribution in [0.15, 0.2) is 18.2 Å². The Morgan fingerprint density at radius 1 is 1.55 bits per heavy atom. The summed E-state index contributed by atoms with van der Waals surface area (Å²) in [6, 6.07) is 4.97. The van der Waals surface area contributed by atoms with Crippen LogP contribution in [0.3, 0.4) is 0 Å². The second-order valence-corrected chi connectivity index (χ2v) is 6.31. The van der Waals surface area contributed by atoms with E-state index < -0.39 is 4.92 Å². The Bertz CT molecular complexity index is 519. The van der Waals surface area contributed by atoms with Crippen molar-refractivity contribution < 1.29 is 9.66 Å². The van der Waals surface area contributed by atoms with E-state index in [0.717, 1.165) is 18.7 Å². The molecule has 5 nitrogen and oxygen atoms in total. The molecule has 0 amide bonds. The second-order valence-electron chi connectivity index (χ2n) is 5.90. The average Bonchev–Trinajstić information content (AvgIpc) is 2.28. The number of nitrogens with zero attached hydrogens (tertiary/aromatic N) is 2. The Labute approximate surface area is 123 Å². The number of rotatable bonds is 3. The molecule has 1 aliphatic heterocycles. The van der Waals surface area contributed by atoms with E-state index in [-0.39, 0.29) is 22.4 Å². The van der Waals surface area contributed by atoms with Crippen molar-refractivity contribution in [3.8, 4) is 0 Å². The highest BCUT2D eigenvalue weighted by atomic mass is 35.5. The molecule has 1 aromatic rings. The molecule has 1 saturated heterocycles. The summed E-state index contributed by atoms with van der Waals surface area (Å²) in [5.74, 6) is 0.